The van der Waals surface area contributed by atoms with Crippen LogP contribution in [0.3, 0.4) is 0 Å². The van der Waals surface area contributed by atoms with Crippen molar-refractivity contribution >= 4 is 44.4 Å². The Bertz CT molecular complexity index is 1970. The van der Waals surface area contributed by atoms with Gasteiger partial charge >= 0.3 is 11.6 Å². The highest BCUT2D eigenvalue weighted by Gasteiger charge is 2.64. The van der Waals surface area contributed by atoms with Crippen LogP contribution in [0, 0.1) is 11.8 Å². The second-order valence-corrected chi connectivity index (χ2v) is 17.2. The van der Waals surface area contributed by atoms with Gasteiger partial charge in [-0.25, -0.2) is 9.59 Å². The van der Waals surface area contributed by atoms with E-state index in [2.05, 4.69) is 16.7 Å². The topological polar surface area (TPSA) is 156 Å². The van der Waals surface area contributed by atoms with Crippen LogP contribution in [0.15, 0.2) is 73.8 Å². The monoisotopic (exact) mass is 748 g/mol. The number of carbonyl (C=O) groups is 2. The minimum Gasteiger partial charge on any atom is -0.481 e. The third-order valence-electron chi connectivity index (χ3n) is 11.5. The maximum Gasteiger partial charge on any atom is 0.339 e. The van der Waals surface area contributed by atoms with E-state index in [9.17, 15) is 19.5 Å². The number of nitrogens with one attached hydrogen (secondary N) is 2. The number of aliphatic hydroxyl groups is 1. The molecule has 4 aliphatic heterocycles. The number of fused-ring (bicyclic) bond motifs is 6. The third kappa shape index (κ3) is 6.47. The summed E-state index contributed by atoms with van der Waals surface area (Å²) in [7, 11) is 5.52. The summed E-state index contributed by atoms with van der Waals surface area (Å²) in [6.07, 6.45) is 7.78. The van der Waals surface area contributed by atoms with Crippen LogP contribution in [0.5, 0.6) is 5.75 Å². The normalized spacial score (nSPS) is 28.9. The Morgan fingerprint density at radius 1 is 1.27 bits per heavy atom. The first-order valence-electron chi connectivity index (χ1n) is 18.1. The minimum atomic E-state index is -1.14. The highest BCUT2D eigenvalue weighted by Crippen LogP contribution is 2.57. The standard InChI is InChI=1S/C39H48N4O7S2/c1-5-22(2)36(46)50-38(3)9-8-24-20-51-52-21-30-28(17-41-4)19-43(30)34(45)13-27-18-42-33(40)14-29(27)35(24)39(38)16-26-12-25-11-23(7-6-10-44)37(47)48-31(25)15-32(26)49-39/h5,8,11-12,14-15,28,30,35,41-42,44H,6-7,9-10,13,16-21,40H2,1-4H3. The van der Waals surface area contributed by atoms with Gasteiger partial charge in [-0.15, -0.1) is 0 Å². The van der Waals surface area contributed by atoms with E-state index < -0.39 is 28.7 Å². The van der Waals surface area contributed by atoms with Gasteiger partial charge in [-0.2, -0.15) is 0 Å². The zero-order chi connectivity index (χ0) is 36.8. The Balaban J connectivity index is 1.38. The molecular formula is C39H48N4O7S2. The quantitative estimate of drug-likeness (QED) is 0.106. The lowest BCUT2D eigenvalue weighted by Gasteiger charge is -2.53. The second-order valence-electron chi connectivity index (χ2n) is 14.7. The molecule has 1 saturated heterocycles. The van der Waals surface area contributed by atoms with Crippen molar-refractivity contribution < 1.29 is 28.6 Å². The van der Waals surface area contributed by atoms with E-state index in [0.29, 0.717) is 72.2 Å². The first-order valence-corrected chi connectivity index (χ1v) is 20.6. The first kappa shape index (κ1) is 36.7. The van der Waals surface area contributed by atoms with E-state index in [1.807, 2.05) is 44.0 Å². The molecule has 278 valence electrons. The van der Waals surface area contributed by atoms with Crippen molar-refractivity contribution in [3.05, 3.63) is 86.1 Å². The Kier molecular flexibility index (Phi) is 10.3. The number of rotatable bonds is 7. The molecule has 1 spiro atoms. The number of nitrogens with zero attached hydrogens (tertiary/aromatic N) is 1. The molecule has 5 atom stereocenters. The molecule has 5 aliphatic rings. The average Bonchev–Trinajstić information content (AvgIpc) is 3.48. The van der Waals surface area contributed by atoms with Crippen molar-refractivity contribution in [1.29, 1.82) is 0 Å². The maximum absolute atomic E-state index is 14.1. The number of nitrogens with two attached hydrogens (primary N) is 1. The molecule has 1 fully saturated rings. The molecule has 1 aromatic carbocycles. The molecule has 5 unspecified atom stereocenters. The lowest BCUT2D eigenvalue weighted by molar-refractivity contribution is -0.186. The molecule has 5 heterocycles. The number of esters is 1. The number of hydrogen-bond acceptors (Lipinski definition) is 12. The Labute approximate surface area is 311 Å². The fourth-order valence-corrected chi connectivity index (χ4v) is 11.0. The Hall–Kier alpha value is -3.65. The highest BCUT2D eigenvalue weighted by molar-refractivity contribution is 8.76. The van der Waals surface area contributed by atoms with Crippen LogP contribution in [0.4, 0.5) is 0 Å². The number of dihydropyridines is 1. The van der Waals surface area contributed by atoms with Crippen LogP contribution in [0.25, 0.3) is 11.0 Å². The zero-order valence-corrected chi connectivity index (χ0v) is 31.8. The van der Waals surface area contributed by atoms with Gasteiger partial charge in [-0.1, -0.05) is 39.3 Å². The van der Waals surface area contributed by atoms with Crippen molar-refractivity contribution in [2.45, 2.75) is 70.1 Å². The van der Waals surface area contributed by atoms with Gasteiger partial charge in [0.15, 0.2) is 11.2 Å². The van der Waals surface area contributed by atoms with E-state index in [1.165, 1.54) is 0 Å². The molecule has 11 nitrogen and oxygen atoms in total. The Morgan fingerprint density at radius 2 is 2.10 bits per heavy atom. The van der Waals surface area contributed by atoms with Gasteiger partial charge in [-0.05, 0) is 75.6 Å². The molecule has 1 amide bonds. The van der Waals surface area contributed by atoms with Crippen molar-refractivity contribution in [3.8, 4) is 5.75 Å². The van der Waals surface area contributed by atoms with Gasteiger partial charge in [-0.3, -0.25) is 4.79 Å². The van der Waals surface area contributed by atoms with Crippen LogP contribution < -0.4 is 26.7 Å². The first-order chi connectivity index (χ1) is 25.0. The molecule has 0 saturated carbocycles. The molecule has 0 radical (unpaired) electrons. The number of allylic oxidation sites excluding steroid dienone is 2. The SMILES string of the molecule is CC=C(C)C(=O)OC1(C)CC=C2CSSCC3C(CNC)CN3C(=O)CC3=C(C=C(N)NC3)C2C12Cc1cc3cc(CCCO)c(=O)oc3cc1O2. The fraction of sp³-hybridized carbons (Fsp3) is 0.513. The molecule has 7 rings (SSSR count). The van der Waals surface area contributed by atoms with E-state index in [1.54, 1.807) is 40.7 Å². The molecule has 1 aliphatic carbocycles. The van der Waals surface area contributed by atoms with Gasteiger partial charge in [0.1, 0.15) is 11.3 Å². The molecule has 52 heavy (non-hydrogen) atoms. The van der Waals surface area contributed by atoms with Gasteiger partial charge in [0.2, 0.25) is 5.91 Å². The number of aliphatic hydroxyl groups excluding tert-OH is 1. The van der Waals surface area contributed by atoms with Crippen LogP contribution in [-0.2, 0) is 27.2 Å². The largest absolute Gasteiger partial charge is 0.481 e. The third-order valence-corrected chi connectivity index (χ3v) is 13.9. The molecule has 5 N–H and O–H groups in total. The smallest absolute Gasteiger partial charge is 0.339 e. The predicted octanol–water partition coefficient (Wildman–Crippen LogP) is 4.14. The van der Waals surface area contributed by atoms with Crippen molar-refractivity contribution in [1.82, 2.24) is 15.5 Å². The van der Waals surface area contributed by atoms with Crippen LogP contribution in [0.2, 0.25) is 0 Å². The predicted molar refractivity (Wildman–Crippen MR) is 205 cm³/mol. The van der Waals surface area contributed by atoms with E-state index in [0.717, 1.165) is 46.5 Å². The van der Waals surface area contributed by atoms with Gasteiger partial charge in [0.25, 0.3) is 0 Å². The minimum absolute atomic E-state index is 0.0244. The van der Waals surface area contributed by atoms with E-state index >= 15 is 0 Å². The van der Waals surface area contributed by atoms with E-state index in [4.69, 9.17) is 19.6 Å². The summed E-state index contributed by atoms with van der Waals surface area (Å²) in [4.78, 5) is 42.7. The molecule has 2 aromatic rings. The van der Waals surface area contributed by atoms with Gasteiger partial charge < -0.3 is 40.3 Å². The molecular weight excluding hydrogens is 701 g/mol. The van der Waals surface area contributed by atoms with Gasteiger partial charge in [0.05, 0.1) is 18.2 Å². The molecule has 13 heteroatoms. The Morgan fingerprint density at radius 3 is 2.87 bits per heavy atom. The molecule has 0 bridgehead atoms. The summed E-state index contributed by atoms with van der Waals surface area (Å²) < 4.78 is 19.6. The second kappa shape index (κ2) is 14.6. The lowest BCUT2D eigenvalue weighted by Crippen LogP contribution is -2.65. The summed E-state index contributed by atoms with van der Waals surface area (Å²) in [6, 6.07) is 5.77. The lowest BCUT2D eigenvalue weighted by atomic mass is 9.61. The summed E-state index contributed by atoms with van der Waals surface area (Å²) in [5.41, 5.74) is 9.08. The van der Waals surface area contributed by atoms with Crippen molar-refractivity contribution in [2.24, 2.45) is 17.6 Å². The highest BCUT2D eigenvalue weighted by atomic mass is 33.1. The summed E-state index contributed by atoms with van der Waals surface area (Å²) in [5.74, 6) is 2.25. The van der Waals surface area contributed by atoms with Crippen LogP contribution >= 0.6 is 21.6 Å². The summed E-state index contributed by atoms with van der Waals surface area (Å²) in [5, 5.41) is 16.7. The van der Waals surface area contributed by atoms with Crippen LogP contribution in [0.1, 0.15) is 51.2 Å². The summed E-state index contributed by atoms with van der Waals surface area (Å²) >= 11 is 0. The maximum atomic E-state index is 14.1. The van der Waals surface area contributed by atoms with Crippen molar-refractivity contribution in [3.63, 3.8) is 0 Å². The van der Waals surface area contributed by atoms with Gasteiger partial charge in [0, 0.05) is 85.1 Å². The molecule has 1 aromatic heterocycles. The number of amides is 1. The fourth-order valence-electron chi connectivity index (χ4n) is 8.43. The number of carbonyl (C=O) groups excluding carboxylic acids is 2. The number of aryl methyl sites for hydroxylation is 1. The number of ether oxygens (including phenoxy) is 2. The summed E-state index contributed by atoms with van der Waals surface area (Å²) in [6.45, 7) is 7.49. The number of hydrogen-bond donors (Lipinski definition) is 4. The van der Waals surface area contributed by atoms with Crippen LogP contribution in [-0.4, -0.2) is 83.9 Å². The number of benzene rings is 1. The zero-order valence-electron chi connectivity index (χ0n) is 30.2. The van der Waals surface area contributed by atoms with E-state index in [-0.39, 0.29) is 25.0 Å². The van der Waals surface area contributed by atoms with Crippen molar-refractivity contribution in [2.75, 3.05) is 44.8 Å². The average molecular weight is 749 g/mol.